The Labute approximate surface area is 355 Å². The highest BCUT2D eigenvalue weighted by Gasteiger charge is 2.22. The highest BCUT2D eigenvalue weighted by molar-refractivity contribution is 6.69. The topological polar surface area (TPSA) is 51.8 Å². The first-order valence-corrected chi connectivity index (χ1v) is 18.4. The third kappa shape index (κ3) is 6.54. The molecule has 0 aliphatic heterocycles. The second-order valence-corrected chi connectivity index (χ2v) is 14.2. The van der Waals surface area contributed by atoms with E-state index in [-0.39, 0.29) is 83.2 Å². The summed E-state index contributed by atoms with van der Waals surface area (Å²) < 4.78 is 6.37. The molecule has 20 radical (unpaired) electrons. The molecular weight excluding hydrogens is 707 g/mol. The van der Waals surface area contributed by atoms with Gasteiger partial charge in [-0.2, -0.15) is 0 Å². The molecule has 14 heteroatoms. The Morgan fingerprint density at radius 3 is 1.22 bits per heavy atom. The molecule has 250 valence electrons. The van der Waals surface area contributed by atoms with Gasteiger partial charge in [0.2, 0.25) is 0 Å². The number of benzene rings is 7. The summed E-state index contributed by atoms with van der Waals surface area (Å²) in [5.41, 5.74) is 8.95. The molecule has 0 fully saturated rings. The van der Waals surface area contributed by atoms with E-state index in [1.807, 2.05) is 48.5 Å². The van der Waals surface area contributed by atoms with Crippen LogP contribution in [-0.4, -0.2) is 93.4 Å². The van der Waals surface area contributed by atoms with Crippen molar-refractivity contribution < 1.29 is 4.42 Å². The minimum absolute atomic E-state index is 0.0128. The number of aromatic nitrogens is 3. The van der Waals surface area contributed by atoms with Gasteiger partial charge in [0.05, 0.1) is 0 Å². The van der Waals surface area contributed by atoms with Gasteiger partial charge in [0.25, 0.3) is 0 Å². The standard InChI is InChI=1S/C45H19B10N3O/c46-33-31(34(47)38(51)41(54)37(33)50)44-56-43(57-45(58-44)32-35(48)39(52)42(55)40(53)36(32)49)25-17-18-28-27(19-25)30-26(7-4-8-29(30)59-28)24-15-13-23(14-16-24)22-11-9-21(10-12-22)20-5-2-1-3-6-20/h1-19H. The summed E-state index contributed by atoms with van der Waals surface area (Å²) in [7, 11) is 63.3. The lowest BCUT2D eigenvalue weighted by Gasteiger charge is -2.22. The van der Waals surface area contributed by atoms with Crippen molar-refractivity contribution >= 4 is 155 Å². The van der Waals surface area contributed by atoms with Crippen LogP contribution in [0.5, 0.6) is 0 Å². The highest BCUT2D eigenvalue weighted by Crippen LogP contribution is 2.39. The molecule has 7 aromatic carbocycles. The van der Waals surface area contributed by atoms with Crippen molar-refractivity contribution in [3.05, 3.63) is 115 Å². The van der Waals surface area contributed by atoms with Crippen LogP contribution < -0.4 is 54.6 Å². The van der Waals surface area contributed by atoms with E-state index in [2.05, 4.69) is 66.7 Å². The number of rotatable bonds is 6. The quantitative estimate of drug-likeness (QED) is 0.222. The van der Waals surface area contributed by atoms with Crippen molar-refractivity contribution in [3.63, 3.8) is 0 Å². The molecule has 0 amide bonds. The fourth-order valence-electron chi connectivity index (χ4n) is 7.44. The van der Waals surface area contributed by atoms with E-state index in [9.17, 15) is 0 Å². The lowest BCUT2D eigenvalue weighted by Crippen LogP contribution is -2.55. The van der Waals surface area contributed by atoms with Crippen molar-refractivity contribution in [3.8, 4) is 67.5 Å². The van der Waals surface area contributed by atoms with Crippen molar-refractivity contribution in [2.75, 3.05) is 0 Å². The predicted octanol–water partition coefficient (Wildman–Crippen LogP) is -0.289. The maximum absolute atomic E-state index is 6.50. The van der Waals surface area contributed by atoms with Crippen LogP contribution in [0.25, 0.3) is 89.5 Å². The van der Waals surface area contributed by atoms with E-state index >= 15 is 0 Å². The molecule has 0 aliphatic carbocycles. The Morgan fingerprint density at radius 2 is 0.729 bits per heavy atom. The van der Waals surface area contributed by atoms with Crippen LogP contribution in [0.2, 0.25) is 0 Å². The van der Waals surface area contributed by atoms with Crippen LogP contribution in [0.3, 0.4) is 0 Å². The molecule has 9 aromatic rings. The molecule has 0 saturated heterocycles. The van der Waals surface area contributed by atoms with Crippen molar-refractivity contribution in [2.45, 2.75) is 0 Å². The van der Waals surface area contributed by atoms with Crippen molar-refractivity contribution in [1.29, 1.82) is 0 Å². The number of nitrogens with zero attached hydrogens (tertiary/aromatic N) is 3. The molecule has 2 aromatic heterocycles. The van der Waals surface area contributed by atoms with Crippen molar-refractivity contribution in [2.24, 2.45) is 0 Å². The fourth-order valence-corrected chi connectivity index (χ4v) is 7.44. The zero-order chi connectivity index (χ0) is 41.3. The normalized spacial score (nSPS) is 11.4. The number of hydrogen-bond acceptors (Lipinski definition) is 4. The van der Waals surface area contributed by atoms with Crippen LogP contribution >= 0.6 is 0 Å². The van der Waals surface area contributed by atoms with Gasteiger partial charge < -0.3 is 4.42 Å². The molecular formula is C45H19B10N3O. The fraction of sp³-hybridized carbons (Fsp3) is 0. The molecule has 0 unspecified atom stereocenters. The van der Waals surface area contributed by atoms with Gasteiger partial charge in [-0.1, -0.05) is 113 Å². The summed E-state index contributed by atoms with van der Waals surface area (Å²) in [5.74, 6) is 0.222. The Balaban J connectivity index is 1.19. The summed E-state index contributed by atoms with van der Waals surface area (Å²) >= 11 is 0. The molecule has 0 atom stereocenters. The zero-order valence-corrected chi connectivity index (χ0v) is 31.5. The monoisotopic (exact) mass is 727 g/mol. The number of furan rings is 1. The van der Waals surface area contributed by atoms with Crippen LogP contribution in [-0.2, 0) is 0 Å². The number of fused-ring (bicyclic) bond motifs is 3. The molecule has 0 saturated carbocycles. The third-order valence-corrected chi connectivity index (χ3v) is 10.8. The molecule has 59 heavy (non-hydrogen) atoms. The summed E-state index contributed by atoms with van der Waals surface area (Å²) in [6.07, 6.45) is 0. The summed E-state index contributed by atoms with van der Waals surface area (Å²) in [6.45, 7) is 0. The predicted molar refractivity (Wildman–Crippen MR) is 254 cm³/mol. The first-order chi connectivity index (χ1) is 28.4. The average molecular weight is 726 g/mol. The van der Waals surface area contributed by atoms with Gasteiger partial charge in [-0.3, -0.25) is 0 Å². The summed E-state index contributed by atoms with van der Waals surface area (Å²) in [4.78, 5) is 14.4. The van der Waals surface area contributed by atoms with E-state index in [0.717, 1.165) is 38.6 Å². The van der Waals surface area contributed by atoms with Gasteiger partial charge in [0, 0.05) is 27.5 Å². The molecule has 9 rings (SSSR count). The summed E-state index contributed by atoms with van der Waals surface area (Å²) in [5, 5.41) is 1.72. The van der Waals surface area contributed by atoms with Crippen LogP contribution in [0.15, 0.2) is 120 Å². The third-order valence-electron chi connectivity index (χ3n) is 10.8. The Morgan fingerprint density at radius 1 is 0.322 bits per heavy atom. The zero-order valence-electron chi connectivity index (χ0n) is 31.5. The van der Waals surface area contributed by atoms with Gasteiger partial charge in [0.15, 0.2) is 17.5 Å². The van der Waals surface area contributed by atoms with E-state index < -0.39 is 0 Å². The maximum atomic E-state index is 6.50. The Hall–Kier alpha value is -6.00. The van der Waals surface area contributed by atoms with Crippen LogP contribution in [0.1, 0.15) is 0 Å². The molecule has 0 aliphatic rings. The maximum Gasteiger partial charge on any atom is 0.164 e. The van der Waals surface area contributed by atoms with Gasteiger partial charge in [-0.05, 0) is 57.6 Å². The highest BCUT2D eigenvalue weighted by atomic mass is 16.3. The molecule has 0 N–H and O–H groups in total. The van der Waals surface area contributed by atoms with E-state index in [0.29, 0.717) is 16.7 Å². The van der Waals surface area contributed by atoms with Gasteiger partial charge in [-0.25, -0.2) is 15.0 Å². The summed E-state index contributed by atoms with van der Waals surface area (Å²) in [6, 6.07) is 38.9. The second kappa shape index (κ2) is 15.0. The van der Waals surface area contributed by atoms with Gasteiger partial charge in [0.1, 0.15) is 89.6 Å². The van der Waals surface area contributed by atoms with Gasteiger partial charge >= 0.3 is 0 Å². The molecule has 0 bridgehead atoms. The van der Waals surface area contributed by atoms with Crippen LogP contribution in [0, 0.1) is 0 Å². The van der Waals surface area contributed by atoms with Gasteiger partial charge in [-0.15, -0.1) is 32.8 Å². The Bertz CT molecular complexity index is 3010. The lowest BCUT2D eigenvalue weighted by atomic mass is 9.60. The second-order valence-electron chi connectivity index (χ2n) is 14.2. The first-order valence-electron chi connectivity index (χ1n) is 18.4. The van der Waals surface area contributed by atoms with Crippen LogP contribution in [0.4, 0.5) is 0 Å². The molecule has 2 heterocycles. The average Bonchev–Trinajstić information content (AvgIpc) is 3.65. The largest absolute Gasteiger partial charge is 0.456 e. The van der Waals surface area contributed by atoms with Crippen molar-refractivity contribution in [1.82, 2.24) is 15.0 Å². The minimum Gasteiger partial charge on any atom is -0.456 e. The lowest BCUT2D eigenvalue weighted by molar-refractivity contribution is 0.669. The van der Waals surface area contributed by atoms with E-state index in [1.54, 1.807) is 0 Å². The molecule has 4 nitrogen and oxygen atoms in total. The SMILES string of the molecule is [B]c1c([B])c([B])c(-c2nc(-c3ccc4oc5cccc(-c6ccc(-c7ccc(-c8ccccc8)cc7)cc6)c5c4c3)nc(-c3c([B])c([B])c([B])c([B])c3[B])n2)c([B])c1[B]. The smallest absolute Gasteiger partial charge is 0.164 e. The Kier molecular flexibility index (Phi) is 9.78. The number of hydrogen-bond donors (Lipinski definition) is 0. The minimum atomic E-state index is 0.0128. The first kappa shape index (κ1) is 38.5. The van der Waals surface area contributed by atoms with E-state index in [1.165, 1.54) is 5.56 Å². The van der Waals surface area contributed by atoms with E-state index in [4.69, 9.17) is 97.8 Å². The molecule has 0 spiro atoms.